The molecule has 5 nitrogen and oxygen atoms in total. The lowest BCUT2D eigenvalue weighted by Crippen LogP contribution is -2.27. The maximum absolute atomic E-state index is 12.2. The Labute approximate surface area is 104 Å². The van der Waals surface area contributed by atoms with Crippen LogP contribution in [0.3, 0.4) is 0 Å². The van der Waals surface area contributed by atoms with Crippen LogP contribution in [0.5, 0.6) is 0 Å². The van der Waals surface area contributed by atoms with Gasteiger partial charge in [0.1, 0.15) is 0 Å². The molecule has 0 spiro atoms. The van der Waals surface area contributed by atoms with Crippen LogP contribution < -0.4 is 5.76 Å². The zero-order chi connectivity index (χ0) is 13.1. The summed E-state index contributed by atoms with van der Waals surface area (Å²) in [6.45, 7) is 1.78. The molecule has 1 aromatic carbocycles. The molecule has 2 rings (SSSR count). The van der Waals surface area contributed by atoms with Gasteiger partial charge in [-0.05, 0) is 25.0 Å². The highest BCUT2D eigenvalue weighted by Gasteiger charge is 2.20. The monoisotopic (exact) mass is 249 g/mol. The Bertz CT molecular complexity index is 611. The van der Waals surface area contributed by atoms with E-state index in [1.165, 1.54) is 0 Å². The maximum Gasteiger partial charge on any atom is 0.426 e. The molecule has 1 heterocycles. The van der Waals surface area contributed by atoms with Crippen LogP contribution in [-0.4, -0.2) is 22.2 Å². The van der Waals surface area contributed by atoms with Crippen molar-refractivity contribution in [2.45, 2.75) is 19.8 Å². The van der Waals surface area contributed by atoms with Crippen molar-refractivity contribution in [1.29, 1.82) is 0 Å². The molecule has 0 bridgehead atoms. The first kappa shape index (κ1) is 12.6. The summed E-state index contributed by atoms with van der Waals surface area (Å²) < 4.78 is 6.08. The number of carbonyl (C=O) groups excluding carboxylic acids is 1. The third-order valence-corrected chi connectivity index (χ3v) is 2.92. The number of aliphatic hydroxyl groups is 1. The quantitative estimate of drug-likeness (QED) is 0.894. The summed E-state index contributed by atoms with van der Waals surface area (Å²) >= 11 is 0. The molecule has 0 amide bonds. The van der Waals surface area contributed by atoms with Crippen molar-refractivity contribution in [1.82, 2.24) is 4.57 Å². The van der Waals surface area contributed by atoms with Crippen molar-refractivity contribution in [3.63, 3.8) is 0 Å². The Morgan fingerprint density at radius 1 is 1.44 bits per heavy atom. The Hall–Kier alpha value is -1.88. The molecule has 0 saturated carbocycles. The topological polar surface area (TPSA) is 72.4 Å². The number of hydrogen-bond acceptors (Lipinski definition) is 4. The van der Waals surface area contributed by atoms with Crippen LogP contribution in [-0.2, 0) is 0 Å². The summed E-state index contributed by atoms with van der Waals surface area (Å²) in [5.41, 5.74) is 0.897. The van der Waals surface area contributed by atoms with E-state index in [0.29, 0.717) is 23.9 Å². The van der Waals surface area contributed by atoms with Crippen LogP contribution >= 0.6 is 0 Å². The van der Waals surface area contributed by atoms with Gasteiger partial charge in [0.15, 0.2) is 5.58 Å². The Morgan fingerprint density at radius 2 is 2.17 bits per heavy atom. The zero-order valence-corrected chi connectivity index (χ0v) is 10.1. The van der Waals surface area contributed by atoms with Crippen molar-refractivity contribution >= 4 is 17.0 Å². The van der Waals surface area contributed by atoms with Crippen molar-refractivity contribution < 1.29 is 14.3 Å². The molecule has 0 fully saturated rings. The van der Waals surface area contributed by atoms with E-state index in [-0.39, 0.29) is 18.4 Å². The zero-order valence-electron chi connectivity index (χ0n) is 10.1. The molecule has 18 heavy (non-hydrogen) atoms. The minimum Gasteiger partial charge on any atom is -0.407 e. The van der Waals surface area contributed by atoms with E-state index < -0.39 is 5.76 Å². The minimum atomic E-state index is -0.656. The van der Waals surface area contributed by atoms with Crippen LogP contribution in [0.15, 0.2) is 33.5 Å². The minimum absolute atomic E-state index is 0.0403. The lowest BCUT2D eigenvalue weighted by Gasteiger charge is -2.09. The molecule has 0 radical (unpaired) electrons. The summed E-state index contributed by atoms with van der Waals surface area (Å²) in [4.78, 5) is 23.9. The fourth-order valence-electron chi connectivity index (χ4n) is 1.92. The van der Waals surface area contributed by atoms with E-state index in [4.69, 9.17) is 9.52 Å². The first-order valence-electron chi connectivity index (χ1n) is 5.91. The molecule has 96 valence electrons. The molecule has 2 aromatic rings. The number of fused-ring (bicyclic) bond motifs is 1. The van der Waals surface area contributed by atoms with Gasteiger partial charge in [0.05, 0.1) is 5.52 Å². The summed E-state index contributed by atoms with van der Waals surface area (Å²) in [6.07, 6.45) is 1.08. The number of aromatic nitrogens is 1. The number of hydrogen-bond donors (Lipinski definition) is 1. The Kier molecular flexibility index (Phi) is 3.62. The Balaban J connectivity index is 2.38. The number of benzene rings is 1. The van der Waals surface area contributed by atoms with Crippen molar-refractivity contribution in [2.75, 3.05) is 6.61 Å². The van der Waals surface area contributed by atoms with Crippen LogP contribution in [0.25, 0.3) is 11.1 Å². The number of oxazole rings is 1. The van der Waals surface area contributed by atoms with Crippen LogP contribution in [0.1, 0.15) is 24.6 Å². The smallest absolute Gasteiger partial charge is 0.407 e. The standard InChI is InChI=1S/C13H15NO4/c1-9(5-4-8-15)12(16)14-10-6-2-3-7-11(10)18-13(14)17/h2-3,6-7,9,15H,4-5,8H2,1H3/t9-/m1/s1. The molecular formula is C13H15NO4. The second-order valence-electron chi connectivity index (χ2n) is 4.28. The second-order valence-corrected chi connectivity index (χ2v) is 4.28. The van der Waals surface area contributed by atoms with Crippen LogP contribution in [0.4, 0.5) is 0 Å². The summed E-state index contributed by atoms with van der Waals surface area (Å²) in [6, 6.07) is 6.82. The second kappa shape index (κ2) is 5.18. The van der Waals surface area contributed by atoms with Gasteiger partial charge in [-0.1, -0.05) is 19.1 Å². The number of nitrogens with zero attached hydrogens (tertiary/aromatic N) is 1. The Morgan fingerprint density at radius 3 is 2.89 bits per heavy atom. The van der Waals surface area contributed by atoms with Crippen molar-refractivity contribution in [3.8, 4) is 0 Å². The first-order chi connectivity index (χ1) is 8.65. The summed E-state index contributed by atoms with van der Waals surface area (Å²) in [5.74, 6) is -1.27. The first-order valence-corrected chi connectivity index (χ1v) is 5.91. The van der Waals surface area contributed by atoms with Gasteiger partial charge in [-0.15, -0.1) is 0 Å². The lowest BCUT2D eigenvalue weighted by molar-refractivity contribution is 0.0829. The van der Waals surface area contributed by atoms with Gasteiger partial charge in [0.25, 0.3) is 0 Å². The van der Waals surface area contributed by atoms with E-state index >= 15 is 0 Å². The fourth-order valence-corrected chi connectivity index (χ4v) is 1.92. The van der Waals surface area contributed by atoms with Crippen LogP contribution in [0, 0.1) is 5.92 Å². The van der Waals surface area contributed by atoms with E-state index in [2.05, 4.69) is 0 Å². The predicted octanol–water partition coefficient (Wildman–Crippen LogP) is 1.64. The van der Waals surface area contributed by atoms with Gasteiger partial charge in [-0.25, -0.2) is 9.36 Å². The molecule has 1 aromatic heterocycles. The third kappa shape index (κ3) is 2.22. The summed E-state index contributed by atoms with van der Waals surface area (Å²) in [7, 11) is 0. The molecule has 0 aliphatic heterocycles. The summed E-state index contributed by atoms with van der Waals surface area (Å²) in [5, 5.41) is 8.76. The average Bonchev–Trinajstić information content (AvgIpc) is 2.70. The van der Waals surface area contributed by atoms with Gasteiger partial charge in [-0.3, -0.25) is 4.79 Å². The van der Waals surface area contributed by atoms with Gasteiger partial charge < -0.3 is 9.52 Å². The van der Waals surface area contributed by atoms with E-state index in [1.807, 2.05) is 0 Å². The molecule has 0 aliphatic rings. The SMILES string of the molecule is C[C@H](CCCO)C(=O)n1c(=O)oc2ccccc21. The van der Waals surface area contributed by atoms with E-state index in [9.17, 15) is 9.59 Å². The maximum atomic E-state index is 12.2. The fraction of sp³-hybridized carbons (Fsp3) is 0.385. The molecule has 1 atom stereocenters. The molecule has 5 heteroatoms. The van der Waals surface area contributed by atoms with Gasteiger partial charge >= 0.3 is 5.76 Å². The highest BCUT2D eigenvalue weighted by Crippen LogP contribution is 2.15. The normalized spacial score (nSPS) is 12.8. The van der Waals surface area contributed by atoms with Crippen molar-refractivity contribution in [2.24, 2.45) is 5.92 Å². The van der Waals surface area contributed by atoms with Gasteiger partial charge in [0.2, 0.25) is 5.91 Å². The molecule has 0 unspecified atom stereocenters. The number of carbonyl (C=O) groups is 1. The van der Waals surface area contributed by atoms with E-state index in [0.717, 1.165) is 4.57 Å². The van der Waals surface area contributed by atoms with Crippen molar-refractivity contribution in [3.05, 3.63) is 34.8 Å². The van der Waals surface area contributed by atoms with Gasteiger partial charge in [-0.2, -0.15) is 0 Å². The highest BCUT2D eigenvalue weighted by atomic mass is 16.4. The third-order valence-electron chi connectivity index (χ3n) is 2.92. The molecule has 0 aliphatic carbocycles. The average molecular weight is 249 g/mol. The van der Waals surface area contributed by atoms with Crippen LogP contribution in [0.2, 0.25) is 0 Å². The predicted molar refractivity (Wildman–Crippen MR) is 66.6 cm³/mol. The molecule has 1 N–H and O–H groups in total. The van der Waals surface area contributed by atoms with Gasteiger partial charge in [0, 0.05) is 12.5 Å². The van der Waals surface area contributed by atoms with E-state index in [1.54, 1.807) is 31.2 Å². The number of aliphatic hydroxyl groups excluding tert-OH is 1. The molecular weight excluding hydrogens is 234 g/mol. The number of para-hydroxylation sites is 2. The largest absolute Gasteiger partial charge is 0.426 e. The molecule has 0 saturated heterocycles. The lowest BCUT2D eigenvalue weighted by atomic mass is 10.1. The highest BCUT2D eigenvalue weighted by molar-refractivity contribution is 5.90. The number of rotatable bonds is 4.